The van der Waals surface area contributed by atoms with Gasteiger partial charge < -0.3 is 4.74 Å². The quantitative estimate of drug-likeness (QED) is 0.942. The lowest BCUT2D eigenvalue weighted by Gasteiger charge is -2.10. The van der Waals surface area contributed by atoms with Crippen molar-refractivity contribution in [2.75, 3.05) is 11.3 Å². The Labute approximate surface area is 128 Å². The molecule has 2 aromatic carbocycles. The van der Waals surface area contributed by atoms with Gasteiger partial charge in [-0.3, -0.25) is 4.72 Å². The zero-order chi connectivity index (χ0) is 15.0. The number of halogens is 1. The highest BCUT2D eigenvalue weighted by atomic mass is 35.5. The molecule has 0 unspecified atom stereocenters. The number of nitrogens with one attached hydrogen (secondary N) is 1. The normalized spacial score (nSPS) is 13.6. The van der Waals surface area contributed by atoms with Crippen molar-refractivity contribution in [2.45, 2.75) is 18.2 Å². The lowest BCUT2D eigenvalue weighted by molar-refractivity contribution is 0.357. The Bertz CT molecular complexity index is 803. The molecule has 0 radical (unpaired) electrons. The molecule has 1 N–H and O–H groups in total. The molecule has 2 aromatic rings. The van der Waals surface area contributed by atoms with Gasteiger partial charge in [-0.05, 0) is 48.4 Å². The molecule has 0 amide bonds. The third-order valence-electron chi connectivity index (χ3n) is 3.40. The van der Waals surface area contributed by atoms with Gasteiger partial charge >= 0.3 is 0 Å². The van der Waals surface area contributed by atoms with Gasteiger partial charge in [0.2, 0.25) is 0 Å². The number of hydrogen-bond donors (Lipinski definition) is 1. The van der Waals surface area contributed by atoms with Gasteiger partial charge in [0, 0.05) is 17.1 Å². The number of anilines is 1. The van der Waals surface area contributed by atoms with E-state index >= 15 is 0 Å². The van der Waals surface area contributed by atoms with Crippen LogP contribution in [0.2, 0.25) is 5.02 Å². The van der Waals surface area contributed by atoms with E-state index in [9.17, 15) is 8.42 Å². The third-order valence-corrected chi connectivity index (χ3v) is 5.18. The molecular weight excluding hydrogens is 310 g/mol. The Kier molecular flexibility index (Phi) is 3.55. The molecule has 0 aromatic heterocycles. The minimum atomic E-state index is -3.65. The van der Waals surface area contributed by atoms with Crippen molar-refractivity contribution in [1.29, 1.82) is 0 Å². The van der Waals surface area contributed by atoms with Gasteiger partial charge in [-0.25, -0.2) is 8.42 Å². The Morgan fingerprint density at radius 2 is 2.00 bits per heavy atom. The van der Waals surface area contributed by atoms with Crippen LogP contribution in [-0.4, -0.2) is 15.0 Å². The van der Waals surface area contributed by atoms with Crippen LogP contribution in [-0.2, 0) is 16.4 Å². The first-order valence-electron chi connectivity index (χ1n) is 6.50. The van der Waals surface area contributed by atoms with Gasteiger partial charge in [-0.2, -0.15) is 0 Å². The summed E-state index contributed by atoms with van der Waals surface area (Å²) < 4.78 is 32.7. The second-order valence-electron chi connectivity index (χ2n) is 4.94. The number of rotatable bonds is 3. The second kappa shape index (κ2) is 5.24. The van der Waals surface area contributed by atoms with Crippen LogP contribution in [0.15, 0.2) is 41.3 Å². The number of benzene rings is 2. The molecule has 0 bridgehead atoms. The first-order chi connectivity index (χ1) is 9.95. The predicted molar refractivity (Wildman–Crippen MR) is 82.6 cm³/mol. The van der Waals surface area contributed by atoms with Crippen molar-refractivity contribution in [3.05, 3.63) is 52.5 Å². The Morgan fingerprint density at radius 3 is 2.76 bits per heavy atom. The van der Waals surface area contributed by atoms with Crippen LogP contribution in [0.4, 0.5) is 5.69 Å². The summed E-state index contributed by atoms with van der Waals surface area (Å²) in [6.45, 7) is 2.46. The monoisotopic (exact) mass is 323 g/mol. The summed E-state index contributed by atoms with van der Waals surface area (Å²) in [5.41, 5.74) is 2.37. The van der Waals surface area contributed by atoms with Crippen LogP contribution < -0.4 is 9.46 Å². The second-order valence-corrected chi connectivity index (χ2v) is 7.03. The molecule has 1 heterocycles. The molecule has 110 valence electrons. The highest BCUT2D eigenvalue weighted by Crippen LogP contribution is 2.29. The van der Waals surface area contributed by atoms with E-state index in [2.05, 4.69) is 4.72 Å². The summed E-state index contributed by atoms with van der Waals surface area (Å²) in [5, 5.41) is 0.431. The van der Waals surface area contributed by atoms with Crippen molar-refractivity contribution in [3.63, 3.8) is 0 Å². The standard InChI is InChI=1S/C15H14ClNO3S/c1-10-2-4-13(9-14(10)16)21(18,19)17-12-3-5-15-11(8-12)6-7-20-15/h2-5,8-9,17H,6-7H2,1H3. The molecule has 0 atom stereocenters. The maximum Gasteiger partial charge on any atom is 0.261 e. The molecule has 3 rings (SSSR count). The van der Waals surface area contributed by atoms with Gasteiger partial charge in [0.1, 0.15) is 5.75 Å². The number of hydrogen-bond acceptors (Lipinski definition) is 3. The number of sulfonamides is 1. The fourth-order valence-electron chi connectivity index (χ4n) is 2.20. The minimum Gasteiger partial charge on any atom is -0.493 e. The molecule has 4 nitrogen and oxygen atoms in total. The smallest absolute Gasteiger partial charge is 0.261 e. The molecule has 21 heavy (non-hydrogen) atoms. The van der Waals surface area contributed by atoms with Crippen LogP contribution in [0.25, 0.3) is 0 Å². The van der Waals surface area contributed by atoms with Gasteiger partial charge in [0.15, 0.2) is 0 Å². The zero-order valence-corrected chi connectivity index (χ0v) is 13.0. The van der Waals surface area contributed by atoms with Crippen LogP contribution in [0.3, 0.4) is 0 Å². The maximum absolute atomic E-state index is 12.4. The van der Waals surface area contributed by atoms with Crippen molar-refractivity contribution in [3.8, 4) is 5.75 Å². The fourth-order valence-corrected chi connectivity index (χ4v) is 3.53. The molecule has 1 aliphatic heterocycles. The molecule has 0 fully saturated rings. The summed E-state index contributed by atoms with van der Waals surface area (Å²) in [6.07, 6.45) is 0.793. The highest BCUT2D eigenvalue weighted by Gasteiger charge is 2.17. The fraction of sp³-hybridized carbons (Fsp3) is 0.200. The van der Waals surface area contributed by atoms with Crippen molar-refractivity contribution < 1.29 is 13.2 Å². The van der Waals surface area contributed by atoms with Gasteiger partial charge in [0.05, 0.1) is 11.5 Å². The van der Waals surface area contributed by atoms with E-state index in [0.29, 0.717) is 17.3 Å². The van der Waals surface area contributed by atoms with Gasteiger partial charge in [0.25, 0.3) is 10.0 Å². The van der Waals surface area contributed by atoms with Crippen molar-refractivity contribution in [1.82, 2.24) is 0 Å². The van der Waals surface area contributed by atoms with Gasteiger partial charge in [-0.15, -0.1) is 0 Å². The first kappa shape index (κ1) is 14.2. The molecule has 1 aliphatic rings. The van der Waals surface area contributed by atoms with Crippen molar-refractivity contribution in [2.24, 2.45) is 0 Å². The molecular formula is C15H14ClNO3S. The summed E-state index contributed by atoms with van der Waals surface area (Å²) in [4.78, 5) is 0.148. The summed E-state index contributed by atoms with van der Waals surface area (Å²) in [7, 11) is -3.65. The van der Waals surface area contributed by atoms with E-state index < -0.39 is 10.0 Å². The van der Waals surface area contributed by atoms with E-state index in [-0.39, 0.29) is 4.90 Å². The molecule has 0 saturated carbocycles. The van der Waals surface area contributed by atoms with E-state index in [1.807, 2.05) is 6.92 Å². The largest absolute Gasteiger partial charge is 0.493 e. The average Bonchev–Trinajstić information content (AvgIpc) is 2.88. The average molecular weight is 324 g/mol. The maximum atomic E-state index is 12.4. The Balaban J connectivity index is 1.90. The SMILES string of the molecule is Cc1ccc(S(=O)(=O)Nc2ccc3c(c2)CCO3)cc1Cl. The summed E-state index contributed by atoms with van der Waals surface area (Å²) in [5.74, 6) is 0.816. The van der Waals surface area contributed by atoms with E-state index in [4.69, 9.17) is 16.3 Å². The first-order valence-corrected chi connectivity index (χ1v) is 8.36. The summed E-state index contributed by atoms with van der Waals surface area (Å²) >= 11 is 5.99. The van der Waals surface area contributed by atoms with Crippen LogP contribution >= 0.6 is 11.6 Å². The number of fused-ring (bicyclic) bond motifs is 1. The number of aryl methyl sites for hydroxylation is 1. The topological polar surface area (TPSA) is 55.4 Å². The van der Waals surface area contributed by atoms with Crippen LogP contribution in [0.5, 0.6) is 5.75 Å². The highest BCUT2D eigenvalue weighted by molar-refractivity contribution is 7.92. The molecule has 0 spiro atoms. The third kappa shape index (κ3) is 2.84. The molecule has 0 aliphatic carbocycles. The van der Waals surface area contributed by atoms with E-state index in [0.717, 1.165) is 23.3 Å². The van der Waals surface area contributed by atoms with Gasteiger partial charge in [-0.1, -0.05) is 17.7 Å². The Morgan fingerprint density at radius 1 is 1.19 bits per heavy atom. The van der Waals surface area contributed by atoms with E-state index in [1.165, 1.54) is 6.07 Å². The predicted octanol–water partition coefficient (Wildman–Crippen LogP) is 3.38. The van der Waals surface area contributed by atoms with Crippen LogP contribution in [0, 0.1) is 6.92 Å². The zero-order valence-electron chi connectivity index (χ0n) is 11.4. The summed E-state index contributed by atoms with van der Waals surface area (Å²) in [6, 6.07) is 9.96. The lowest BCUT2D eigenvalue weighted by Crippen LogP contribution is -2.13. The molecule has 6 heteroatoms. The lowest BCUT2D eigenvalue weighted by atomic mass is 10.1. The van der Waals surface area contributed by atoms with E-state index in [1.54, 1.807) is 30.3 Å². The number of ether oxygens (including phenoxy) is 1. The Hall–Kier alpha value is -1.72. The van der Waals surface area contributed by atoms with Crippen molar-refractivity contribution >= 4 is 27.3 Å². The minimum absolute atomic E-state index is 0.148. The molecule has 0 saturated heterocycles. The van der Waals surface area contributed by atoms with Crippen LogP contribution in [0.1, 0.15) is 11.1 Å².